The lowest BCUT2D eigenvalue weighted by atomic mass is 10.2. The van der Waals surface area contributed by atoms with Crippen molar-refractivity contribution in [1.29, 1.82) is 0 Å². The quantitative estimate of drug-likeness (QED) is 0.472. The Hall–Kier alpha value is -2.90. The van der Waals surface area contributed by atoms with Crippen LogP contribution in [0.4, 0.5) is 10.5 Å². The number of anilines is 1. The number of nitrogens with one attached hydrogen (secondary N) is 2. The minimum atomic E-state index is -0.355. The van der Waals surface area contributed by atoms with Crippen molar-refractivity contribution in [3.63, 3.8) is 0 Å². The van der Waals surface area contributed by atoms with Gasteiger partial charge in [-0.2, -0.15) is 4.98 Å². The maximum absolute atomic E-state index is 11.9. The second-order valence-electron chi connectivity index (χ2n) is 6.75. The Labute approximate surface area is 165 Å². The molecule has 1 aromatic heterocycles. The Morgan fingerprint density at radius 3 is 2.57 bits per heavy atom. The van der Waals surface area contributed by atoms with Crippen LogP contribution in [0.15, 0.2) is 28.8 Å². The second-order valence-corrected chi connectivity index (χ2v) is 6.75. The molecule has 2 N–H and O–H groups in total. The fraction of sp³-hybridized carbons (Fsp3) is 0.500. The summed E-state index contributed by atoms with van der Waals surface area (Å²) in [4.78, 5) is 28.1. The molecule has 0 atom stereocenters. The normalized spacial score (nSPS) is 10.7. The van der Waals surface area contributed by atoms with Gasteiger partial charge in [-0.05, 0) is 37.1 Å². The highest BCUT2D eigenvalue weighted by atomic mass is 16.5. The molecule has 0 aliphatic rings. The number of carbonyl (C=O) groups is 2. The summed E-state index contributed by atoms with van der Waals surface area (Å²) in [6.45, 7) is 6.94. The highest BCUT2D eigenvalue weighted by molar-refractivity contribution is 5.92. The number of nitrogens with zero attached hydrogens (tertiary/aromatic N) is 2. The van der Waals surface area contributed by atoms with E-state index in [9.17, 15) is 9.59 Å². The van der Waals surface area contributed by atoms with Crippen LogP contribution in [0.1, 0.15) is 68.0 Å². The van der Waals surface area contributed by atoms with E-state index in [1.165, 1.54) is 0 Å². The lowest BCUT2D eigenvalue weighted by Gasteiger charge is -2.08. The lowest BCUT2D eigenvalue weighted by molar-refractivity contribution is 0.0500. The van der Waals surface area contributed by atoms with Crippen molar-refractivity contribution in [2.45, 2.75) is 52.4 Å². The highest BCUT2D eigenvalue weighted by Crippen LogP contribution is 2.12. The number of urea groups is 1. The molecule has 152 valence electrons. The average molecular weight is 388 g/mol. The van der Waals surface area contributed by atoms with Gasteiger partial charge in [0, 0.05) is 24.6 Å². The van der Waals surface area contributed by atoms with Crippen molar-refractivity contribution >= 4 is 17.7 Å². The van der Waals surface area contributed by atoms with Crippen LogP contribution in [0.25, 0.3) is 0 Å². The van der Waals surface area contributed by atoms with E-state index >= 15 is 0 Å². The maximum Gasteiger partial charge on any atom is 0.338 e. The van der Waals surface area contributed by atoms with Gasteiger partial charge in [0.1, 0.15) is 0 Å². The number of benzene rings is 1. The Morgan fingerprint density at radius 2 is 1.93 bits per heavy atom. The van der Waals surface area contributed by atoms with Crippen LogP contribution < -0.4 is 10.6 Å². The van der Waals surface area contributed by atoms with Crippen LogP contribution in [-0.2, 0) is 11.2 Å². The first kappa shape index (κ1) is 21.4. The number of aromatic nitrogens is 2. The zero-order valence-corrected chi connectivity index (χ0v) is 16.7. The summed E-state index contributed by atoms with van der Waals surface area (Å²) in [6.07, 6.45) is 3.11. The zero-order chi connectivity index (χ0) is 20.4. The Kier molecular flexibility index (Phi) is 8.45. The van der Waals surface area contributed by atoms with Crippen LogP contribution in [0.5, 0.6) is 0 Å². The van der Waals surface area contributed by atoms with Crippen LogP contribution in [-0.4, -0.2) is 35.3 Å². The number of hydrogen-bond donors (Lipinski definition) is 2. The molecule has 2 amide bonds. The van der Waals surface area contributed by atoms with E-state index < -0.39 is 0 Å². The first-order chi connectivity index (χ1) is 13.5. The van der Waals surface area contributed by atoms with Gasteiger partial charge in [0.05, 0.1) is 12.2 Å². The Balaban J connectivity index is 1.68. The van der Waals surface area contributed by atoms with E-state index in [1.807, 2.05) is 20.8 Å². The van der Waals surface area contributed by atoms with Crippen molar-refractivity contribution in [2.24, 2.45) is 0 Å². The smallest absolute Gasteiger partial charge is 0.338 e. The van der Waals surface area contributed by atoms with E-state index in [1.54, 1.807) is 24.3 Å². The van der Waals surface area contributed by atoms with Crippen molar-refractivity contribution < 1.29 is 18.8 Å². The molecule has 8 heteroatoms. The van der Waals surface area contributed by atoms with Crippen LogP contribution in [0.3, 0.4) is 0 Å². The van der Waals surface area contributed by atoms with E-state index in [0.29, 0.717) is 49.0 Å². The van der Waals surface area contributed by atoms with Gasteiger partial charge in [0.2, 0.25) is 5.89 Å². The standard InChI is InChI=1S/C20H28N4O4/c1-4-5-13-27-19(25)15-8-10-16(11-9-15)22-20(26)21-12-6-7-17-23-18(14(2)3)24-28-17/h8-11,14H,4-7,12-13H2,1-3H3,(H2,21,22,26). The average Bonchev–Trinajstić information content (AvgIpc) is 3.15. The van der Waals surface area contributed by atoms with Crippen LogP contribution in [0.2, 0.25) is 0 Å². The summed E-state index contributed by atoms with van der Waals surface area (Å²) >= 11 is 0. The molecular formula is C20H28N4O4. The summed E-state index contributed by atoms with van der Waals surface area (Å²) < 4.78 is 10.3. The summed E-state index contributed by atoms with van der Waals surface area (Å²) in [7, 11) is 0. The third kappa shape index (κ3) is 7.02. The number of carbonyl (C=O) groups excluding carboxylic acids is 2. The lowest BCUT2D eigenvalue weighted by Crippen LogP contribution is -2.29. The number of rotatable bonds is 10. The molecule has 0 radical (unpaired) electrons. The molecular weight excluding hydrogens is 360 g/mol. The third-order valence-corrected chi connectivity index (χ3v) is 3.96. The number of unbranched alkanes of at least 4 members (excludes halogenated alkanes) is 1. The second kappa shape index (κ2) is 11.1. The molecule has 2 aromatic rings. The molecule has 0 unspecified atom stereocenters. The van der Waals surface area contributed by atoms with Gasteiger partial charge in [-0.3, -0.25) is 0 Å². The molecule has 28 heavy (non-hydrogen) atoms. The monoisotopic (exact) mass is 388 g/mol. The van der Waals surface area contributed by atoms with Gasteiger partial charge in [0.15, 0.2) is 5.82 Å². The number of hydrogen-bond acceptors (Lipinski definition) is 6. The van der Waals surface area contributed by atoms with E-state index in [4.69, 9.17) is 9.26 Å². The number of amides is 2. The molecule has 0 fully saturated rings. The number of ether oxygens (including phenoxy) is 1. The minimum absolute atomic E-state index is 0.228. The van der Waals surface area contributed by atoms with Crippen molar-refractivity contribution in [3.8, 4) is 0 Å². The SMILES string of the molecule is CCCCOC(=O)c1ccc(NC(=O)NCCCc2nc(C(C)C)no2)cc1. The van der Waals surface area contributed by atoms with Gasteiger partial charge < -0.3 is 19.9 Å². The molecule has 0 spiro atoms. The first-order valence-corrected chi connectivity index (χ1v) is 9.64. The summed E-state index contributed by atoms with van der Waals surface area (Å²) in [5.41, 5.74) is 1.06. The largest absolute Gasteiger partial charge is 0.462 e. The van der Waals surface area contributed by atoms with Crippen molar-refractivity contribution in [3.05, 3.63) is 41.5 Å². The van der Waals surface area contributed by atoms with E-state index in [0.717, 1.165) is 12.8 Å². The molecule has 0 aliphatic heterocycles. The number of esters is 1. The van der Waals surface area contributed by atoms with E-state index in [-0.39, 0.29) is 17.9 Å². The van der Waals surface area contributed by atoms with Gasteiger partial charge in [-0.25, -0.2) is 9.59 Å². The van der Waals surface area contributed by atoms with Gasteiger partial charge in [0.25, 0.3) is 0 Å². The minimum Gasteiger partial charge on any atom is -0.462 e. The number of aryl methyl sites for hydroxylation is 1. The van der Waals surface area contributed by atoms with Crippen molar-refractivity contribution in [1.82, 2.24) is 15.5 Å². The van der Waals surface area contributed by atoms with Gasteiger partial charge in [-0.1, -0.05) is 32.3 Å². The topological polar surface area (TPSA) is 106 Å². The predicted octanol–water partition coefficient (Wildman–Crippen LogP) is 3.90. The molecule has 1 heterocycles. The molecule has 0 saturated carbocycles. The van der Waals surface area contributed by atoms with Gasteiger partial charge in [-0.15, -0.1) is 0 Å². The summed E-state index contributed by atoms with van der Waals surface area (Å²) in [6, 6.07) is 6.29. The Morgan fingerprint density at radius 1 is 1.18 bits per heavy atom. The molecule has 0 aliphatic carbocycles. The third-order valence-electron chi connectivity index (χ3n) is 3.96. The van der Waals surface area contributed by atoms with Crippen LogP contribution in [0, 0.1) is 0 Å². The fourth-order valence-corrected chi connectivity index (χ4v) is 2.30. The Bertz CT molecular complexity index is 756. The summed E-state index contributed by atoms with van der Waals surface area (Å²) in [5.74, 6) is 1.14. The molecule has 2 rings (SSSR count). The predicted molar refractivity (Wildman–Crippen MR) is 105 cm³/mol. The molecule has 1 aromatic carbocycles. The van der Waals surface area contributed by atoms with Crippen LogP contribution >= 0.6 is 0 Å². The van der Waals surface area contributed by atoms with Gasteiger partial charge >= 0.3 is 12.0 Å². The summed E-state index contributed by atoms with van der Waals surface area (Å²) in [5, 5.41) is 9.40. The molecule has 8 nitrogen and oxygen atoms in total. The van der Waals surface area contributed by atoms with E-state index in [2.05, 4.69) is 20.8 Å². The maximum atomic E-state index is 11.9. The molecule has 0 bridgehead atoms. The highest BCUT2D eigenvalue weighted by Gasteiger charge is 2.10. The first-order valence-electron chi connectivity index (χ1n) is 9.64. The van der Waals surface area contributed by atoms with Crippen molar-refractivity contribution in [2.75, 3.05) is 18.5 Å². The fourth-order valence-electron chi connectivity index (χ4n) is 2.30. The molecule has 0 saturated heterocycles. The zero-order valence-electron chi connectivity index (χ0n) is 16.7.